The van der Waals surface area contributed by atoms with Crippen LogP contribution in [0.4, 0.5) is 4.39 Å². The average molecular weight is 412 g/mol. The van der Waals surface area contributed by atoms with Gasteiger partial charge in [0.05, 0.1) is 7.11 Å². The minimum absolute atomic E-state index is 0.0395. The first kappa shape index (κ1) is 21.6. The van der Waals surface area contributed by atoms with Crippen LogP contribution >= 0.6 is 0 Å². The molecule has 0 aliphatic rings. The van der Waals surface area contributed by atoms with E-state index in [1.54, 1.807) is 24.3 Å². The molecule has 1 heterocycles. The fourth-order valence-electron chi connectivity index (χ4n) is 2.71. The molecular weight excluding hydrogens is 391 g/mol. The summed E-state index contributed by atoms with van der Waals surface area (Å²) in [6.07, 6.45) is 1.45. The SMILES string of the molecule is COc1ccccc1-c1cc(=O)n(CCC(C)(C(=O)NO)S(C)(=O)=O)cc1F. The van der Waals surface area contributed by atoms with Crippen molar-refractivity contribution in [2.45, 2.75) is 24.6 Å². The number of pyridine rings is 1. The first-order chi connectivity index (χ1) is 13.0. The summed E-state index contributed by atoms with van der Waals surface area (Å²) in [5.41, 5.74) is 1.18. The molecule has 1 aromatic heterocycles. The summed E-state index contributed by atoms with van der Waals surface area (Å²) in [4.78, 5) is 24.3. The molecule has 0 aliphatic heterocycles. The van der Waals surface area contributed by atoms with Gasteiger partial charge in [-0.05, 0) is 19.4 Å². The molecule has 0 bridgehead atoms. The van der Waals surface area contributed by atoms with Crippen molar-refractivity contribution in [3.8, 4) is 16.9 Å². The predicted molar refractivity (Wildman–Crippen MR) is 100 cm³/mol. The summed E-state index contributed by atoms with van der Waals surface area (Å²) >= 11 is 0. The monoisotopic (exact) mass is 412 g/mol. The molecule has 0 aliphatic carbocycles. The predicted octanol–water partition coefficient (Wildman–Crippen LogP) is 1.36. The van der Waals surface area contributed by atoms with Gasteiger partial charge in [-0.3, -0.25) is 14.8 Å². The average Bonchev–Trinajstić information content (AvgIpc) is 2.66. The Morgan fingerprint density at radius 2 is 1.96 bits per heavy atom. The second-order valence-electron chi connectivity index (χ2n) is 6.46. The zero-order valence-electron chi connectivity index (χ0n) is 15.6. The summed E-state index contributed by atoms with van der Waals surface area (Å²) in [7, 11) is -2.50. The highest BCUT2D eigenvalue weighted by molar-refractivity contribution is 7.92. The molecule has 1 atom stereocenters. The number of para-hydroxylation sites is 1. The number of hydroxylamine groups is 1. The molecule has 2 N–H and O–H groups in total. The molecule has 2 rings (SSSR count). The number of rotatable bonds is 7. The third-order valence-electron chi connectivity index (χ3n) is 4.70. The van der Waals surface area contributed by atoms with Crippen molar-refractivity contribution in [3.63, 3.8) is 0 Å². The Morgan fingerprint density at radius 1 is 1.32 bits per heavy atom. The number of amides is 1. The lowest BCUT2D eigenvalue weighted by Gasteiger charge is -2.25. The van der Waals surface area contributed by atoms with Crippen LogP contribution in [0.15, 0.2) is 41.3 Å². The second kappa shape index (κ2) is 8.11. The molecule has 152 valence electrons. The van der Waals surface area contributed by atoms with E-state index >= 15 is 0 Å². The fourth-order valence-corrected chi connectivity index (χ4v) is 3.56. The van der Waals surface area contributed by atoms with Crippen LogP contribution in [0.25, 0.3) is 11.1 Å². The first-order valence-electron chi connectivity index (χ1n) is 8.22. The number of carbonyl (C=O) groups is 1. The van der Waals surface area contributed by atoms with Gasteiger partial charge in [-0.25, -0.2) is 18.3 Å². The number of hydrogen-bond donors (Lipinski definition) is 2. The van der Waals surface area contributed by atoms with Gasteiger partial charge < -0.3 is 9.30 Å². The van der Waals surface area contributed by atoms with Crippen molar-refractivity contribution in [2.75, 3.05) is 13.4 Å². The Labute approximate surface area is 161 Å². The van der Waals surface area contributed by atoms with Gasteiger partial charge in [-0.1, -0.05) is 18.2 Å². The first-order valence-corrected chi connectivity index (χ1v) is 10.1. The third kappa shape index (κ3) is 4.07. The van der Waals surface area contributed by atoms with Crippen molar-refractivity contribution < 1.29 is 27.5 Å². The lowest BCUT2D eigenvalue weighted by molar-refractivity contribution is -0.131. The van der Waals surface area contributed by atoms with Crippen LogP contribution in [0, 0.1) is 5.82 Å². The zero-order chi connectivity index (χ0) is 21.1. The number of nitrogens with zero attached hydrogens (tertiary/aromatic N) is 1. The number of carbonyl (C=O) groups excluding carboxylic acids is 1. The van der Waals surface area contributed by atoms with E-state index in [1.807, 2.05) is 0 Å². The topological polar surface area (TPSA) is 115 Å². The molecule has 8 nitrogen and oxygen atoms in total. The molecular formula is C18H21FN2O6S. The summed E-state index contributed by atoms with van der Waals surface area (Å²) in [6, 6.07) is 7.70. The van der Waals surface area contributed by atoms with Crippen LogP contribution in [-0.4, -0.2) is 42.2 Å². The van der Waals surface area contributed by atoms with Crippen LogP contribution in [-0.2, 0) is 21.2 Å². The van der Waals surface area contributed by atoms with E-state index in [1.165, 1.54) is 12.6 Å². The number of hydrogen-bond acceptors (Lipinski definition) is 6. The van der Waals surface area contributed by atoms with Gasteiger partial charge in [-0.2, -0.15) is 0 Å². The number of halogens is 1. The Bertz CT molecular complexity index is 1050. The van der Waals surface area contributed by atoms with Gasteiger partial charge in [0, 0.05) is 36.2 Å². The van der Waals surface area contributed by atoms with Gasteiger partial charge in [0.25, 0.3) is 11.5 Å². The van der Waals surface area contributed by atoms with E-state index in [9.17, 15) is 22.4 Å². The molecule has 0 radical (unpaired) electrons. The Hall–Kier alpha value is -2.72. The summed E-state index contributed by atoms with van der Waals surface area (Å²) < 4.78 is 42.8. The number of ether oxygens (including phenoxy) is 1. The van der Waals surface area contributed by atoms with E-state index < -0.39 is 31.9 Å². The maximum atomic E-state index is 14.7. The Kier molecular flexibility index (Phi) is 6.25. The number of methoxy groups -OCH3 is 1. The Morgan fingerprint density at radius 3 is 2.54 bits per heavy atom. The number of sulfone groups is 1. The smallest absolute Gasteiger partial charge is 0.264 e. The third-order valence-corrected chi connectivity index (χ3v) is 6.73. The molecule has 0 fully saturated rings. The minimum atomic E-state index is -3.93. The number of benzene rings is 1. The molecule has 0 spiro atoms. The molecule has 1 aromatic carbocycles. The normalized spacial score (nSPS) is 13.6. The van der Waals surface area contributed by atoms with Crippen LogP contribution in [0.2, 0.25) is 0 Å². The zero-order valence-corrected chi connectivity index (χ0v) is 16.4. The number of aryl methyl sites for hydroxylation is 1. The highest BCUT2D eigenvalue weighted by Gasteiger charge is 2.43. The minimum Gasteiger partial charge on any atom is -0.496 e. The van der Waals surface area contributed by atoms with Crippen molar-refractivity contribution in [2.24, 2.45) is 0 Å². The van der Waals surface area contributed by atoms with Gasteiger partial charge in [-0.15, -0.1) is 0 Å². The maximum absolute atomic E-state index is 14.7. The second-order valence-corrected chi connectivity index (χ2v) is 8.91. The molecule has 1 unspecified atom stereocenters. The van der Waals surface area contributed by atoms with Crippen LogP contribution in [0.1, 0.15) is 13.3 Å². The number of aromatic nitrogens is 1. The van der Waals surface area contributed by atoms with E-state index in [4.69, 9.17) is 9.94 Å². The van der Waals surface area contributed by atoms with E-state index in [-0.39, 0.29) is 18.5 Å². The lowest BCUT2D eigenvalue weighted by atomic mass is 10.0. The summed E-state index contributed by atoms with van der Waals surface area (Å²) in [5.74, 6) is -1.45. The Balaban J connectivity index is 2.41. The van der Waals surface area contributed by atoms with Gasteiger partial charge in [0.1, 0.15) is 11.6 Å². The van der Waals surface area contributed by atoms with E-state index in [0.29, 0.717) is 11.3 Å². The van der Waals surface area contributed by atoms with E-state index in [0.717, 1.165) is 30.0 Å². The van der Waals surface area contributed by atoms with Crippen LogP contribution < -0.4 is 15.8 Å². The molecule has 0 saturated heterocycles. The van der Waals surface area contributed by atoms with Gasteiger partial charge in [0.15, 0.2) is 14.6 Å². The van der Waals surface area contributed by atoms with Crippen LogP contribution in [0.3, 0.4) is 0 Å². The van der Waals surface area contributed by atoms with Crippen molar-refractivity contribution in [1.82, 2.24) is 10.0 Å². The van der Waals surface area contributed by atoms with E-state index in [2.05, 4.69) is 0 Å². The van der Waals surface area contributed by atoms with Crippen LogP contribution in [0.5, 0.6) is 5.75 Å². The lowest BCUT2D eigenvalue weighted by Crippen LogP contribution is -2.50. The van der Waals surface area contributed by atoms with Gasteiger partial charge >= 0.3 is 0 Å². The molecule has 2 aromatic rings. The van der Waals surface area contributed by atoms with Crippen molar-refractivity contribution in [3.05, 3.63) is 52.7 Å². The summed E-state index contributed by atoms with van der Waals surface area (Å²) in [5, 5.41) is 8.84. The van der Waals surface area contributed by atoms with Crippen molar-refractivity contribution in [1.29, 1.82) is 0 Å². The standard InChI is InChI=1S/C18H21FN2O6S/c1-18(17(23)20-24,28(3,25)26)8-9-21-11-14(19)13(10-16(21)22)12-6-4-5-7-15(12)27-2/h4-7,10-11,24H,8-9H2,1-3H3,(H,20,23). The maximum Gasteiger partial charge on any atom is 0.264 e. The molecule has 0 saturated carbocycles. The number of nitrogens with one attached hydrogen (secondary N) is 1. The van der Waals surface area contributed by atoms with Crippen molar-refractivity contribution >= 4 is 15.7 Å². The molecule has 1 amide bonds. The summed E-state index contributed by atoms with van der Waals surface area (Å²) in [6.45, 7) is 0.872. The van der Waals surface area contributed by atoms with Gasteiger partial charge in [0.2, 0.25) is 0 Å². The largest absolute Gasteiger partial charge is 0.496 e. The molecule has 28 heavy (non-hydrogen) atoms. The quantitative estimate of drug-likeness (QED) is 0.524. The fraction of sp³-hybridized carbons (Fsp3) is 0.333. The highest BCUT2D eigenvalue weighted by atomic mass is 32.2. The highest BCUT2D eigenvalue weighted by Crippen LogP contribution is 2.30. The molecule has 10 heteroatoms.